The third-order valence-electron chi connectivity index (χ3n) is 3.41. The molecule has 0 aliphatic carbocycles. The molecule has 0 fully saturated rings. The lowest BCUT2D eigenvalue weighted by molar-refractivity contribution is -0.385. The molecule has 2 aromatic rings. The van der Waals surface area contributed by atoms with Gasteiger partial charge in [-0.25, -0.2) is 9.05 Å². The summed E-state index contributed by atoms with van der Waals surface area (Å²) in [4.78, 5) is 20.3. The Morgan fingerprint density at radius 1 is 0.885 bits per heavy atom. The fourth-order valence-corrected chi connectivity index (χ4v) is 2.91. The zero-order valence-electron chi connectivity index (χ0n) is 13.7. The van der Waals surface area contributed by atoms with Crippen LogP contribution in [-0.4, -0.2) is 17.4 Å². The lowest BCUT2D eigenvalue weighted by Gasteiger charge is -2.17. The first kappa shape index (κ1) is 19.7. The number of rotatable bonds is 9. The molecule has 0 heterocycles. The standard InChI is InChI=1S/C16H15BN2O6P/c1-2-26(17,24-11-13-3-7-15(8-4-13)18(20)21)25-12-14-5-9-16(10-6-14)19(22)23/h2-10H,1,11-12H2/q+1. The molecule has 0 aromatic heterocycles. The minimum absolute atomic E-state index is 0.0132. The van der Waals surface area contributed by atoms with Gasteiger partial charge in [0, 0.05) is 24.3 Å². The van der Waals surface area contributed by atoms with E-state index in [0.29, 0.717) is 11.1 Å². The first-order valence-electron chi connectivity index (χ1n) is 7.39. The van der Waals surface area contributed by atoms with Crippen LogP contribution in [-0.2, 0) is 22.3 Å². The van der Waals surface area contributed by atoms with Crippen molar-refractivity contribution in [3.8, 4) is 0 Å². The van der Waals surface area contributed by atoms with Crippen molar-refractivity contribution < 1.29 is 18.9 Å². The van der Waals surface area contributed by atoms with Gasteiger partial charge in [-0.2, -0.15) is 0 Å². The molecule has 0 saturated heterocycles. The summed E-state index contributed by atoms with van der Waals surface area (Å²) < 4.78 is 11.2. The van der Waals surface area contributed by atoms with Crippen molar-refractivity contribution in [1.82, 2.24) is 0 Å². The van der Waals surface area contributed by atoms with Crippen molar-refractivity contribution in [2.75, 3.05) is 0 Å². The third kappa shape index (κ3) is 5.45. The van der Waals surface area contributed by atoms with Gasteiger partial charge in [-0.15, -0.1) is 0 Å². The van der Waals surface area contributed by atoms with Gasteiger partial charge in [0.2, 0.25) is 7.59 Å². The lowest BCUT2D eigenvalue weighted by atomic mass is 10.2. The highest BCUT2D eigenvalue weighted by atomic mass is 31.2. The second kappa shape index (κ2) is 8.67. The van der Waals surface area contributed by atoms with Gasteiger partial charge in [-0.05, 0) is 35.4 Å². The van der Waals surface area contributed by atoms with E-state index in [2.05, 4.69) is 6.58 Å². The van der Waals surface area contributed by atoms with E-state index in [1.807, 2.05) is 0 Å². The summed E-state index contributed by atoms with van der Waals surface area (Å²) in [6, 6.07) is 11.8. The van der Waals surface area contributed by atoms with Crippen molar-refractivity contribution in [1.29, 1.82) is 0 Å². The summed E-state index contributed by atoms with van der Waals surface area (Å²) in [7, 11) is 3.23. The molecule has 0 spiro atoms. The van der Waals surface area contributed by atoms with E-state index in [9.17, 15) is 20.2 Å². The molecule has 0 amide bonds. The lowest BCUT2D eigenvalue weighted by Crippen LogP contribution is -2.02. The summed E-state index contributed by atoms with van der Waals surface area (Å²) in [5.74, 6) is 1.39. The maximum Gasteiger partial charge on any atom is 0.450 e. The predicted octanol–water partition coefficient (Wildman–Crippen LogP) is 4.31. The Morgan fingerprint density at radius 2 is 1.23 bits per heavy atom. The normalized spacial score (nSPS) is 11.1. The molecule has 132 valence electrons. The van der Waals surface area contributed by atoms with Gasteiger partial charge >= 0.3 is 7.57 Å². The minimum atomic E-state index is -2.85. The largest absolute Gasteiger partial charge is 0.450 e. The predicted molar refractivity (Wildman–Crippen MR) is 98.6 cm³/mol. The van der Waals surface area contributed by atoms with Gasteiger partial charge in [-0.3, -0.25) is 20.2 Å². The Morgan fingerprint density at radius 3 is 1.50 bits per heavy atom. The van der Waals surface area contributed by atoms with Crippen molar-refractivity contribution in [2.24, 2.45) is 0 Å². The molecule has 0 saturated carbocycles. The van der Waals surface area contributed by atoms with Crippen molar-refractivity contribution >= 4 is 26.5 Å². The van der Waals surface area contributed by atoms with Crippen molar-refractivity contribution in [2.45, 2.75) is 13.2 Å². The van der Waals surface area contributed by atoms with E-state index in [1.54, 1.807) is 24.3 Å². The van der Waals surface area contributed by atoms with E-state index in [1.165, 1.54) is 30.1 Å². The fourth-order valence-electron chi connectivity index (χ4n) is 1.92. The average Bonchev–Trinajstić information content (AvgIpc) is 2.65. The quantitative estimate of drug-likeness (QED) is 0.281. The highest BCUT2D eigenvalue weighted by molar-refractivity contribution is 7.92. The summed E-state index contributed by atoms with van der Waals surface area (Å²) in [5, 5.41) is 21.3. The molecule has 2 rings (SSSR count). The zero-order valence-corrected chi connectivity index (χ0v) is 14.6. The molecule has 0 aliphatic rings. The maximum absolute atomic E-state index is 10.6. The summed E-state index contributed by atoms with van der Waals surface area (Å²) in [6.07, 6.45) is 0. The monoisotopic (exact) mass is 373 g/mol. The first-order chi connectivity index (χ1) is 12.3. The van der Waals surface area contributed by atoms with Gasteiger partial charge in [-0.1, -0.05) is 6.58 Å². The molecule has 0 bridgehead atoms. The molecule has 2 aromatic carbocycles. The third-order valence-corrected chi connectivity index (χ3v) is 4.99. The zero-order chi connectivity index (χ0) is 19.2. The highest BCUT2D eigenvalue weighted by Crippen LogP contribution is 2.58. The Bertz CT molecular complexity index is 736. The van der Waals surface area contributed by atoms with Crippen LogP contribution in [0.2, 0.25) is 0 Å². The van der Waals surface area contributed by atoms with Crippen molar-refractivity contribution in [3.05, 3.63) is 92.3 Å². The van der Waals surface area contributed by atoms with Crippen molar-refractivity contribution in [3.63, 3.8) is 0 Å². The van der Waals surface area contributed by atoms with E-state index < -0.39 is 17.4 Å². The number of nitro benzene ring substituents is 2. The number of nitro groups is 2. The van der Waals surface area contributed by atoms with Crippen LogP contribution in [0.1, 0.15) is 11.1 Å². The molecular formula is C16H15BN2O6P+. The van der Waals surface area contributed by atoms with Crippen LogP contribution in [0.15, 0.2) is 60.9 Å². The molecule has 10 heteroatoms. The molecule has 0 unspecified atom stereocenters. The van der Waals surface area contributed by atoms with E-state index >= 15 is 0 Å². The molecular weight excluding hydrogens is 358 g/mol. The average molecular weight is 373 g/mol. The van der Waals surface area contributed by atoms with Crippen LogP contribution < -0.4 is 0 Å². The van der Waals surface area contributed by atoms with Gasteiger partial charge in [0.15, 0.2) is 0 Å². The van der Waals surface area contributed by atoms with Crippen LogP contribution >= 0.6 is 7.59 Å². The summed E-state index contributed by atoms with van der Waals surface area (Å²) >= 11 is 0. The fraction of sp³-hybridized carbons (Fsp3) is 0.125. The number of hydrogen-bond donors (Lipinski definition) is 0. The number of hydrogen-bond acceptors (Lipinski definition) is 6. The smallest absolute Gasteiger partial charge is 0.258 e. The van der Waals surface area contributed by atoms with Gasteiger partial charge < -0.3 is 0 Å². The van der Waals surface area contributed by atoms with E-state index in [-0.39, 0.29) is 24.6 Å². The van der Waals surface area contributed by atoms with Gasteiger partial charge in [0.1, 0.15) is 13.2 Å². The van der Waals surface area contributed by atoms with Crippen LogP contribution in [0.3, 0.4) is 0 Å². The van der Waals surface area contributed by atoms with E-state index in [4.69, 9.17) is 16.6 Å². The molecule has 26 heavy (non-hydrogen) atoms. The van der Waals surface area contributed by atoms with Crippen LogP contribution in [0, 0.1) is 20.2 Å². The molecule has 0 atom stereocenters. The highest BCUT2D eigenvalue weighted by Gasteiger charge is 2.33. The Kier molecular flexibility index (Phi) is 6.57. The maximum atomic E-state index is 10.6. The Hall–Kier alpha value is -2.61. The van der Waals surface area contributed by atoms with E-state index in [0.717, 1.165) is 0 Å². The molecule has 8 nitrogen and oxygen atoms in total. The second-order valence-electron chi connectivity index (χ2n) is 5.22. The van der Waals surface area contributed by atoms with Crippen LogP contribution in [0.4, 0.5) is 11.4 Å². The number of non-ortho nitro benzene ring substituents is 2. The van der Waals surface area contributed by atoms with Gasteiger partial charge in [0.25, 0.3) is 11.4 Å². The summed E-state index contributed by atoms with van der Waals surface area (Å²) in [5.41, 5.74) is 1.37. The molecule has 2 radical (unpaired) electrons. The first-order valence-corrected chi connectivity index (χ1v) is 9.16. The number of benzene rings is 2. The Labute approximate surface area is 151 Å². The van der Waals surface area contributed by atoms with Crippen LogP contribution in [0.5, 0.6) is 0 Å². The molecule has 0 aliphatic heterocycles. The van der Waals surface area contributed by atoms with Gasteiger partial charge in [0.05, 0.1) is 15.7 Å². The topological polar surface area (TPSA) is 105 Å². The Balaban J connectivity index is 1.93. The summed E-state index contributed by atoms with van der Waals surface area (Å²) in [6.45, 7) is 3.84. The molecule has 0 N–H and O–H groups in total. The van der Waals surface area contributed by atoms with Crippen LogP contribution in [0.25, 0.3) is 0 Å². The second-order valence-corrected chi connectivity index (χ2v) is 7.39. The number of nitrogens with zero attached hydrogens (tertiary/aromatic N) is 2. The minimum Gasteiger partial charge on any atom is -0.258 e. The SMILES string of the molecule is [B][P+](C=C)(OCc1ccc([N+](=O)[O-])cc1)OCc1ccc([N+](=O)[O-])cc1.